The van der Waals surface area contributed by atoms with Crippen LogP contribution in [-0.4, -0.2) is 4.98 Å². The molecular weight excluding hydrogens is 174 g/mol. The van der Waals surface area contributed by atoms with E-state index in [1.54, 1.807) is 6.20 Å². The maximum Gasteiger partial charge on any atom is 0.181 e. The van der Waals surface area contributed by atoms with Gasteiger partial charge in [-0.2, -0.15) is 0 Å². The van der Waals surface area contributed by atoms with Crippen molar-refractivity contribution in [2.45, 2.75) is 6.92 Å². The van der Waals surface area contributed by atoms with Crippen molar-refractivity contribution in [1.82, 2.24) is 4.98 Å². The molecule has 0 amide bonds. The van der Waals surface area contributed by atoms with Crippen LogP contribution in [0.5, 0.6) is 0 Å². The van der Waals surface area contributed by atoms with E-state index >= 15 is 0 Å². The number of benzene rings is 1. The first-order valence-corrected chi connectivity index (χ1v) is 4.48. The van der Waals surface area contributed by atoms with Crippen molar-refractivity contribution < 1.29 is 4.42 Å². The number of allylic oxidation sites excluding steroid dienone is 1. The van der Waals surface area contributed by atoms with E-state index in [1.165, 1.54) is 12.0 Å². The zero-order valence-electron chi connectivity index (χ0n) is 7.97. The first kappa shape index (κ1) is 8.75. The van der Waals surface area contributed by atoms with Crippen molar-refractivity contribution in [2.24, 2.45) is 0 Å². The Labute approximate surface area is 82.9 Å². The molecular formula is C12H11NO. The average molecular weight is 185 g/mol. The van der Waals surface area contributed by atoms with Crippen molar-refractivity contribution in [2.75, 3.05) is 0 Å². The Hall–Kier alpha value is -1.83. The van der Waals surface area contributed by atoms with Crippen LogP contribution in [0.15, 0.2) is 47.3 Å². The van der Waals surface area contributed by atoms with Crippen molar-refractivity contribution in [3.05, 3.63) is 54.2 Å². The van der Waals surface area contributed by atoms with Crippen LogP contribution < -0.4 is 0 Å². The second-order valence-electron chi connectivity index (χ2n) is 3.10. The largest absolute Gasteiger partial charge is 0.444 e. The molecule has 1 aromatic carbocycles. The summed E-state index contributed by atoms with van der Waals surface area (Å²) in [5.74, 6) is 0.814. The molecule has 0 fully saturated rings. The quantitative estimate of drug-likeness (QED) is 0.717. The number of oxazole rings is 1. The standard InChI is InChI=1S/C12H11NO/c1-10(12-8-13-9-14-12)7-11-5-3-2-4-6-11/h2-9H,1H3/b10-7+. The van der Waals surface area contributed by atoms with Crippen LogP contribution in [0.4, 0.5) is 0 Å². The van der Waals surface area contributed by atoms with E-state index in [4.69, 9.17) is 4.42 Å². The van der Waals surface area contributed by atoms with Crippen molar-refractivity contribution in [3.8, 4) is 0 Å². The molecule has 2 aromatic rings. The maximum absolute atomic E-state index is 5.19. The lowest BCUT2D eigenvalue weighted by Crippen LogP contribution is -1.75. The summed E-state index contributed by atoms with van der Waals surface area (Å²) in [4.78, 5) is 3.88. The van der Waals surface area contributed by atoms with Crippen molar-refractivity contribution in [3.63, 3.8) is 0 Å². The summed E-state index contributed by atoms with van der Waals surface area (Å²) >= 11 is 0. The normalized spacial score (nSPS) is 11.6. The second-order valence-corrected chi connectivity index (χ2v) is 3.10. The van der Waals surface area contributed by atoms with Crippen LogP contribution in [0.25, 0.3) is 11.6 Å². The van der Waals surface area contributed by atoms with Gasteiger partial charge in [0.1, 0.15) is 5.76 Å². The van der Waals surface area contributed by atoms with Crippen LogP contribution >= 0.6 is 0 Å². The zero-order valence-corrected chi connectivity index (χ0v) is 7.97. The Kier molecular flexibility index (Phi) is 2.45. The molecule has 2 heteroatoms. The zero-order chi connectivity index (χ0) is 9.80. The fourth-order valence-electron chi connectivity index (χ4n) is 1.28. The number of hydrogen-bond donors (Lipinski definition) is 0. The van der Waals surface area contributed by atoms with Gasteiger partial charge in [-0.05, 0) is 24.1 Å². The van der Waals surface area contributed by atoms with Crippen LogP contribution in [0.1, 0.15) is 18.2 Å². The molecule has 0 aliphatic rings. The highest BCUT2D eigenvalue weighted by Gasteiger charge is 1.98. The van der Waals surface area contributed by atoms with E-state index in [0.29, 0.717) is 0 Å². The molecule has 14 heavy (non-hydrogen) atoms. The molecule has 0 saturated heterocycles. The summed E-state index contributed by atoms with van der Waals surface area (Å²) in [6.07, 6.45) is 5.23. The molecule has 0 bridgehead atoms. The smallest absolute Gasteiger partial charge is 0.181 e. The van der Waals surface area contributed by atoms with Gasteiger partial charge in [0.25, 0.3) is 0 Å². The third-order valence-corrected chi connectivity index (χ3v) is 2.00. The molecule has 2 rings (SSSR count). The molecule has 0 saturated carbocycles. The number of rotatable bonds is 2. The van der Waals surface area contributed by atoms with E-state index in [2.05, 4.69) is 23.2 Å². The molecule has 70 valence electrons. The lowest BCUT2D eigenvalue weighted by Gasteiger charge is -1.95. The van der Waals surface area contributed by atoms with Gasteiger partial charge in [0.2, 0.25) is 0 Å². The van der Waals surface area contributed by atoms with Gasteiger partial charge in [-0.3, -0.25) is 0 Å². The average Bonchev–Trinajstić information content (AvgIpc) is 2.72. The molecule has 0 atom stereocenters. The van der Waals surface area contributed by atoms with Crippen LogP contribution in [0, 0.1) is 0 Å². The molecule has 1 aromatic heterocycles. The Morgan fingerprint density at radius 1 is 1.29 bits per heavy atom. The van der Waals surface area contributed by atoms with Gasteiger partial charge in [-0.15, -0.1) is 0 Å². The van der Waals surface area contributed by atoms with E-state index in [1.807, 2.05) is 25.1 Å². The third kappa shape index (κ3) is 1.91. The predicted molar refractivity (Wildman–Crippen MR) is 56.5 cm³/mol. The molecule has 0 radical (unpaired) electrons. The fourth-order valence-corrected chi connectivity index (χ4v) is 1.28. The number of aromatic nitrogens is 1. The van der Waals surface area contributed by atoms with Crippen molar-refractivity contribution >= 4 is 11.6 Å². The minimum atomic E-state index is 0.814. The van der Waals surface area contributed by atoms with Gasteiger partial charge < -0.3 is 4.42 Å². The minimum Gasteiger partial charge on any atom is -0.444 e. The van der Waals surface area contributed by atoms with E-state index in [0.717, 1.165) is 11.3 Å². The monoisotopic (exact) mass is 185 g/mol. The summed E-state index contributed by atoms with van der Waals surface area (Å²) in [7, 11) is 0. The number of hydrogen-bond acceptors (Lipinski definition) is 2. The van der Waals surface area contributed by atoms with Gasteiger partial charge in [0, 0.05) is 0 Å². The summed E-state index contributed by atoms with van der Waals surface area (Å²) in [5.41, 5.74) is 2.25. The summed E-state index contributed by atoms with van der Waals surface area (Å²) in [5, 5.41) is 0. The summed E-state index contributed by atoms with van der Waals surface area (Å²) in [6.45, 7) is 2.01. The first-order valence-electron chi connectivity index (χ1n) is 4.48. The molecule has 0 spiro atoms. The van der Waals surface area contributed by atoms with Crippen molar-refractivity contribution in [1.29, 1.82) is 0 Å². The Balaban J connectivity index is 2.28. The summed E-state index contributed by atoms with van der Waals surface area (Å²) in [6, 6.07) is 10.1. The van der Waals surface area contributed by atoms with E-state index in [-0.39, 0.29) is 0 Å². The van der Waals surface area contributed by atoms with E-state index < -0.39 is 0 Å². The minimum absolute atomic E-state index is 0.814. The van der Waals surface area contributed by atoms with Crippen LogP contribution in [0.3, 0.4) is 0 Å². The van der Waals surface area contributed by atoms with Gasteiger partial charge in [0.15, 0.2) is 6.39 Å². The maximum atomic E-state index is 5.19. The SMILES string of the molecule is C/C(=C\c1ccccc1)c1cnco1. The topological polar surface area (TPSA) is 26.0 Å². The Morgan fingerprint density at radius 3 is 2.71 bits per heavy atom. The molecule has 1 heterocycles. The Morgan fingerprint density at radius 2 is 2.07 bits per heavy atom. The Bertz CT molecular complexity index is 415. The van der Waals surface area contributed by atoms with Crippen LogP contribution in [-0.2, 0) is 0 Å². The van der Waals surface area contributed by atoms with Gasteiger partial charge >= 0.3 is 0 Å². The molecule has 2 nitrogen and oxygen atoms in total. The van der Waals surface area contributed by atoms with E-state index in [9.17, 15) is 0 Å². The van der Waals surface area contributed by atoms with Gasteiger partial charge in [0.05, 0.1) is 6.20 Å². The predicted octanol–water partition coefficient (Wildman–Crippen LogP) is 3.24. The molecule has 0 N–H and O–H groups in total. The highest BCUT2D eigenvalue weighted by Crippen LogP contribution is 2.16. The molecule has 0 aliphatic heterocycles. The lowest BCUT2D eigenvalue weighted by atomic mass is 10.1. The van der Waals surface area contributed by atoms with Gasteiger partial charge in [-0.25, -0.2) is 4.98 Å². The molecule has 0 aliphatic carbocycles. The fraction of sp³-hybridized carbons (Fsp3) is 0.0833. The second kappa shape index (κ2) is 3.92. The number of nitrogens with zero attached hydrogens (tertiary/aromatic N) is 1. The van der Waals surface area contributed by atoms with Crippen LogP contribution in [0.2, 0.25) is 0 Å². The first-order chi connectivity index (χ1) is 6.86. The molecule has 0 unspecified atom stereocenters. The summed E-state index contributed by atoms with van der Waals surface area (Å²) < 4.78 is 5.19. The lowest BCUT2D eigenvalue weighted by molar-refractivity contribution is 0.544. The highest BCUT2D eigenvalue weighted by atomic mass is 16.3. The third-order valence-electron chi connectivity index (χ3n) is 2.00. The highest BCUT2D eigenvalue weighted by molar-refractivity contribution is 5.77. The van der Waals surface area contributed by atoms with Gasteiger partial charge in [-0.1, -0.05) is 30.3 Å².